The Balaban J connectivity index is 4.33. The summed E-state index contributed by atoms with van der Waals surface area (Å²) in [7, 11) is 0. The van der Waals surface area contributed by atoms with Gasteiger partial charge in [-0.25, -0.2) is 13.2 Å². The molecule has 0 aromatic heterocycles. The van der Waals surface area contributed by atoms with Gasteiger partial charge in [0.05, 0.1) is 5.92 Å². The Morgan fingerprint density at radius 2 is 1.77 bits per heavy atom. The van der Waals surface area contributed by atoms with E-state index in [1.54, 1.807) is 0 Å². The Kier molecular flexibility index (Phi) is 4.66. The fourth-order valence-electron chi connectivity index (χ4n) is 0.864. The second-order valence-electron chi connectivity index (χ2n) is 2.82. The van der Waals surface area contributed by atoms with Crippen LogP contribution in [0.2, 0.25) is 0 Å². The largest absolute Gasteiger partial charge is 0.291 e. The maximum Gasteiger partial charge on any atom is 0.203 e. The van der Waals surface area contributed by atoms with E-state index in [-0.39, 0.29) is 0 Å². The summed E-state index contributed by atoms with van der Waals surface area (Å²) in [6.45, 7) is 0.543. The van der Waals surface area contributed by atoms with Crippen molar-refractivity contribution in [2.75, 3.05) is 6.67 Å². The van der Waals surface area contributed by atoms with E-state index in [0.717, 1.165) is 13.8 Å². The average molecular weight is 196 g/mol. The number of hydrogen-bond acceptors (Lipinski definition) is 2. The molecule has 2 nitrogen and oxygen atoms in total. The summed E-state index contributed by atoms with van der Waals surface area (Å²) in [5.74, 6) is -3.27. The zero-order valence-corrected chi connectivity index (χ0v) is 7.39. The molecule has 0 saturated heterocycles. The van der Waals surface area contributed by atoms with Gasteiger partial charge in [-0.05, 0) is 0 Å². The molecule has 0 aromatic carbocycles. The van der Waals surface area contributed by atoms with Crippen LogP contribution in [0.1, 0.15) is 13.8 Å². The molecule has 0 aromatic rings. The number of carbonyl (C=O) groups is 2. The molecule has 76 valence electrons. The van der Waals surface area contributed by atoms with E-state index in [1.807, 2.05) is 0 Å². The molecule has 0 bridgehead atoms. The second-order valence-corrected chi connectivity index (χ2v) is 2.82. The molecule has 0 heterocycles. The third kappa shape index (κ3) is 3.16. The van der Waals surface area contributed by atoms with E-state index < -0.39 is 36.5 Å². The lowest BCUT2D eigenvalue weighted by molar-refractivity contribution is -0.139. The Morgan fingerprint density at radius 1 is 1.31 bits per heavy atom. The molecule has 13 heavy (non-hydrogen) atoms. The van der Waals surface area contributed by atoms with Crippen LogP contribution >= 0.6 is 0 Å². The van der Waals surface area contributed by atoms with Crippen molar-refractivity contribution in [1.82, 2.24) is 0 Å². The van der Waals surface area contributed by atoms with Gasteiger partial charge in [-0.1, -0.05) is 6.92 Å². The van der Waals surface area contributed by atoms with Gasteiger partial charge < -0.3 is 0 Å². The molecule has 0 aliphatic carbocycles. The highest BCUT2D eigenvalue weighted by atomic mass is 19.2. The summed E-state index contributed by atoms with van der Waals surface area (Å²) < 4.78 is 36.8. The minimum atomic E-state index is -2.33. The van der Waals surface area contributed by atoms with E-state index in [9.17, 15) is 22.8 Å². The first-order valence-corrected chi connectivity index (χ1v) is 3.80. The zero-order valence-electron chi connectivity index (χ0n) is 7.39. The van der Waals surface area contributed by atoms with Gasteiger partial charge in [-0.3, -0.25) is 9.59 Å². The molecule has 0 N–H and O–H groups in total. The topological polar surface area (TPSA) is 34.1 Å². The molecule has 0 amide bonds. The van der Waals surface area contributed by atoms with Gasteiger partial charge in [0.15, 0.2) is 12.0 Å². The summed E-state index contributed by atoms with van der Waals surface area (Å²) in [4.78, 5) is 21.3. The van der Waals surface area contributed by atoms with Crippen molar-refractivity contribution >= 4 is 11.6 Å². The van der Waals surface area contributed by atoms with E-state index >= 15 is 0 Å². The van der Waals surface area contributed by atoms with Crippen LogP contribution in [-0.2, 0) is 9.59 Å². The number of alkyl halides is 3. The molecule has 5 heteroatoms. The van der Waals surface area contributed by atoms with Crippen LogP contribution in [0.4, 0.5) is 13.2 Å². The third-order valence-corrected chi connectivity index (χ3v) is 1.73. The Hall–Kier alpha value is -0.870. The lowest BCUT2D eigenvalue weighted by Crippen LogP contribution is -2.34. The predicted octanol–water partition coefficient (Wildman–Crippen LogP) is 1.43. The van der Waals surface area contributed by atoms with E-state index in [2.05, 4.69) is 0 Å². The van der Waals surface area contributed by atoms with Crippen LogP contribution < -0.4 is 0 Å². The fraction of sp³-hybridized carbons (Fsp3) is 0.750. The summed E-state index contributed by atoms with van der Waals surface area (Å²) in [5, 5.41) is 0. The Bertz CT molecular complexity index is 206. The average Bonchev–Trinajstić information content (AvgIpc) is 2.12. The summed E-state index contributed by atoms with van der Waals surface area (Å²) >= 11 is 0. The first-order valence-electron chi connectivity index (χ1n) is 3.80. The monoisotopic (exact) mass is 196 g/mol. The molecule has 0 rings (SSSR count). The van der Waals surface area contributed by atoms with Crippen LogP contribution in [-0.4, -0.2) is 30.6 Å². The maximum atomic E-state index is 12.8. The summed E-state index contributed by atoms with van der Waals surface area (Å²) in [5.41, 5.74) is 0. The molecule has 0 fully saturated rings. The minimum absolute atomic E-state index is 0.846. The molecular weight excluding hydrogens is 185 g/mol. The predicted molar refractivity (Wildman–Crippen MR) is 40.6 cm³/mol. The molecule has 3 atom stereocenters. The van der Waals surface area contributed by atoms with Crippen molar-refractivity contribution in [3.63, 3.8) is 0 Å². The smallest absolute Gasteiger partial charge is 0.203 e. The number of hydrogen-bond donors (Lipinski definition) is 0. The number of halogens is 3. The van der Waals surface area contributed by atoms with E-state index in [1.165, 1.54) is 0 Å². The maximum absolute atomic E-state index is 12.8. The number of ketones is 2. The van der Waals surface area contributed by atoms with Gasteiger partial charge in [0, 0.05) is 6.92 Å². The molecule has 0 aliphatic heterocycles. The number of Topliss-reactive ketones (excluding diaryl/α,β-unsaturated/α-hetero) is 2. The van der Waals surface area contributed by atoms with Crippen LogP contribution in [0, 0.1) is 5.92 Å². The SMILES string of the molecule is CC(=O)C(=O)C(C)C(F)C(F)CF. The fourth-order valence-corrected chi connectivity index (χ4v) is 0.864. The minimum Gasteiger partial charge on any atom is -0.291 e. The van der Waals surface area contributed by atoms with Crippen molar-refractivity contribution in [3.05, 3.63) is 0 Å². The lowest BCUT2D eigenvalue weighted by atomic mass is 9.96. The molecule has 3 unspecified atom stereocenters. The first kappa shape index (κ1) is 12.1. The van der Waals surface area contributed by atoms with Crippen molar-refractivity contribution in [1.29, 1.82) is 0 Å². The molecular formula is C8H11F3O2. The Morgan fingerprint density at radius 3 is 2.08 bits per heavy atom. The van der Waals surface area contributed by atoms with E-state index in [4.69, 9.17) is 0 Å². The van der Waals surface area contributed by atoms with Gasteiger partial charge in [0.1, 0.15) is 12.8 Å². The van der Waals surface area contributed by atoms with Crippen molar-refractivity contribution < 1.29 is 22.8 Å². The van der Waals surface area contributed by atoms with Crippen LogP contribution in [0.15, 0.2) is 0 Å². The third-order valence-electron chi connectivity index (χ3n) is 1.73. The molecule has 0 radical (unpaired) electrons. The van der Waals surface area contributed by atoms with Gasteiger partial charge in [0.2, 0.25) is 5.78 Å². The molecule has 0 spiro atoms. The van der Waals surface area contributed by atoms with E-state index in [0.29, 0.717) is 0 Å². The normalized spacial score (nSPS) is 17.6. The van der Waals surface area contributed by atoms with Crippen LogP contribution in [0.3, 0.4) is 0 Å². The highest BCUT2D eigenvalue weighted by Gasteiger charge is 2.32. The Labute approximate surface area is 74.1 Å². The van der Waals surface area contributed by atoms with Gasteiger partial charge in [-0.2, -0.15) is 0 Å². The highest BCUT2D eigenvalue weighted by Crippen LogP contribution is 2.16. The van der Waals surface area contributed by atoms with Crippen molar-refractivity contribution in [2.24, 2.45) is 5.92 Å². The van der Waals surface area contributed by atoms with Gasteiger partial charge >= 0.3 is 0 Å². The van der Waals surface area contributed by atoms with Gasteiger partial charge in [0.25, 0.3) is 0 Å². The zero-order chi connectivity index (χ0) is 10.6. The van der Waals surface area contributed by atoms with Gasteiger partial charge in [-0.15, -0.1) is 0 Å². The van der Waals surface area contributed by atoms with Crippen molar-refractivity contribution in [3.8, 4) is 0 Å². The molecule has 0 saturated carbocycles. The second kappa shape index (κ2) is 4.99. The van der Waals surface area contributed by atoms with Crippen LogP contribution in [0.25, 0.3) is 0 Å². The van der Waals surface area contributed by atoms with Crippen LogP contribution in [0.5, 0.6) is 0 Å². The lowest BCUT2D eigenvalue weighted by Gasteiger charge is -2.15. The summed E-state index contributed by atoms with van der Waals surface area (Å²) in [6, 6.07) is 0. The molecule has 0 aliphatic rings. The standard InChI is InChI=1S/C8H11F3O2/c1-4(8(13)5(2)12)7(11)6(10)3-9/h4,6-7H,3H2,1-2H3. The highest BCUT2D eigenvalue weighted by molar-refractivity contribution is 6.37. The first-order chi connectivity index (χ1) is 5.91. The van der Waals surface area contributed by atoms with Crippen molar-refractivity contribution in [2.45, 2.75) is 26.2 Å². The quantitative estimate of drug-likeness (QED) is 0.623. The summed E-state index contributed by atoms with van der Waals surface area (Å²) in [6.07, 6.45) is -4.58. The number of rotatable bonds is 5. The number of carbonyl (C=O) groups excluding carboxylic acids is 2.